The van der Waals surface area contributed by atoms with Crippen molar-refractivity contribution < 1.29 is 14.6 Å². The van der Waals surface area contributed by atoms with Gasteiger partial charge in [-0.3, -0.25) is 4.79 Å². The first-order valence-corrected chi connectivity index (χ1v) is 7.34. The molecule has 1 aliphatic heterocycles. The van der Waals surface area contributed by atoms with Crippen molar-refractivity contribution in [1.29, 1.82) is 0 Å². The zero-order chi connectivity index (χ0) is 16.6. The fourth-order valence-electron chi connectivity index (χ4n) is 2.85. The van der Waals surface area contributed by atoms with Crippen LogP contribution in [0.1, 0.15) is 17.2 Å². The molecule has 8 heteroatoms. The lowest BCUT2D eigenvalue weighted by Gasteiger charge is -2.35. The summed E-state index contributed by atoms with van der Waals surface area (Å²) in [4.78, 5) is 13.4. The number of halogens is 1. The first-order valence-electron chi connectivity index (χ1n) is 6.96. The maximum atomic E-state index is 11.6. The highest BCUT2D eigenvalue weighted by atomic mass is 35.5. The van der Waals surface area contributed by atoms with Crippen molar-refractivity contribution in [2.75, 3.05) is 25.7 Å². The van der Waals surface area contributed by atoms with Crippen LogP contribution < -0.4 is 19.9 Å². The van der Waals surface area contributed by atoms with E-state index in [4.69, 9.17) is 21.1 Å². The van der Waals surface area contributed by atoms with Gasteiger partial charge in [0.05, 0.1) is 26.1 Å². The molecule has 1 aliphatic rings. The third kappa shape index (κ3) is 2.62. The van der Waals surface area contributed by atoms with Crippen molar-refractivity contribution in [3.63, 3.8) is 0 Å². The number of rotatable bonds is 3. The standard InChI is InChI=1S/C15H16ClN3O4/c1-22-11-3-4-12(23-2)13-8(11)6-19(7-10(13)20)9-5-17-18-15(21)14(9)16/h3-5,10,20H,6-7H2,1-2H3,(H,18,21)/t10-/m0/s1. The van der Waals surface area contributed by atoms with E-state index >= 15 is 0 Å². The number of hydrogen-bond donors (Lipinski definition) is 2. The summed E-state index contributed by atoms with van der Waals surface area (Å²) in [7, 11) is 3.12. The number of methoxy groups -OCH3 is 2. The molecule has 0 bridgehead atoms. The second-order valence-corrected chi connectivity index (χ2v) is 5.53. The zero-order valence-corrected chi connectivity index (χ0v) is 13.4. The van der Waals surface area contributed by atoms with Gasteiger partial charge in [0.25, 0.3) is 5.56 Å². The number of H-pyrrole nitrogens is 1. The van der Waals surface area contributed by atoms with Gasteiger partial charge in [0, 0.05) is 24.2 Å². The van der Waals surface area contributed by atoms with E-state index in [0.717, 1.165) is 5.56 Å². The Hall–Kier alpha value is -2.25. The molecule has 0 unspecified atom stereocenters. The predicted molar refractivity (Wildman–Crippen MR) is 85.4 cm³/mol. The molecule has 2 aromatic rings. The number of aromatic nitrogens is 2. The van der Waals surface area contributed by atoms with E-state index in [1.54, 1.807) is 31.3 Å². The molecule has 122 valence electrons. The fourth-order valence-corrected chi connectivity index (χ4v) is 3.06. The first-order chi connectivity index (χ1) is 11.1. The fraction of sp³-hybridized carbons (Fsp3) is 0.333. The van der Waals surface area contributed by atoms with Crippen molar-refractivity contribution in [3.8, 4) is 11.5 Å². The molecule has 0 saturated heterocycles. The van der Waals surface area contributed by atoms with Crippen molar-refractivity contribution in [2.24, 2.45) is 0 Å². The van der Waals surface area contributed by atoms with E-state index in [9.17, 15) is 9.90 Å². The van der Waals surface area contributed by atoms with Crippen LogP contribution >= 0.6 is 11.6 Å². The third-order valence-electron chi connectivity index (χ3n) is 3.91. The number of ether oxygens (including phenoxy) is 2. The summed E-state index contributed by atoms with van der Waals surface area (Å²) in [5.74, 6) is 1.24. The lowest BCUT2D eigenvalue weighted by molar-refractivity contribution is 0.169. The Morgan fingerprint density at radius 3 is 2.74 bits per heavy atom. The highest BCUT2D eigenvalue weighted by Gasteiger charge is 2.31. The minimum absolute atomic E-state index is 0.0394. The van der Waals surface area contributed by atoms with Gasteiger partial charge in [-0.2, -0.15) is 5.10 Å². The van der Waals surface area contributed by atoms with Crippen molar-refractivity contribution in [1.82, 2.24) is 10.2 Å². The Labute approximate surface area is 137 Å². The summed E-state index contributed by atoms with van der Waals surface area (Å²) in [6, 6.07) is 3.55. The van der Waals surface area contributed by atoms with E-state index in [2.05, 4.69) is 10.2 Å². The first kappa shape index (κ1) is 15.6. The molecule has 0 fully saturated rings. The van der Waals surface area contributed by atoms with Gasteiger partial charge in [0.2, 0.25) is 0 Å². The van der Waals surface area contributed by atoms with Gasteiger partial charge >= 0.3 is 0 Å². The number of fused-ring (bicyclic) bond motifs is 1. The summed E-state index contributed by atoms with van der Waals surface area (Å²) < 4.78 is 10.7. The average molecular weight is 338 g/mol. The summed E-state index contributed by atoms with van der Waals surface area (Å²) >= 11 is 6.07. The number of nitrogens with zero attached hydrogens (tertiary/aromatic N) is 2. The molecular weight excluding hydrogens is 322 g/mol. The lowest BCUT2D eigenvalue weighted by Crippen LogP contribution is -2.35. The topological polar surface area (TPSA) is 87.7 Å². The van der Waals surface area contributed by atoms with E-state index in [0.29, 0.717) is 29.3 Å². The summed E-state index contributed by atoms with van der Waals surface area (Å²) in [6.07, 6.45) is 0.660. The Bertz CT molecular complexity index is 793. The molecule has 3 rings (SSSR count). The smallest absolute Gasteiger partial charge is 0.285 e. The highest BCUT2D eigenvalue weighted by molar-refractivity contribution is 6.33. The molecule has 2 heterocycles. The molecule has 0 amide bonds. The number of anilines is 1. The number of hydrogen-bond acceptors (Lipinski definition) is 6. The predicted octanol–water partition coefficient (Wildman–Crippen LogP) is 1.49. The van der Waals surface area contributed by atoms with Gasteiger partial charge in [-0.15, -0.1) is 0 Å². The normalized spacial score (nSPS) is 16.9. The van der Waals surface area contributed by atoms with Crippen LogP contribution in [0.4, 0.5) is 5.69 Å². The van der Waals surface area contributed by atoms with Gasteiger partial charge in [-0.1, -0.05) is 11.6 Å². The van der Waals surface area contributed by atoms with Crippen LogP contribution in [0.5, 0.6) is 11.5 Å². The molecule has 0 radical (unpaired) electrons. The summed E-state index contributed by atoms with van der Waals surface area (Å²) in [5.41, 5.74) is 1.48. The van der Waals surface area contributed by atoms with Crippen LogP contribution in [0.3, 0.4) is 0 Å². The second-order valence-electron chi connectivity index (χ2n) is 5.16. The number of aromatic amines is 1. The summed E-state index contributed by atoms with van der Waals surface area (Å²) in [6.45, 7) is 0.680. The van der Waals surface area contributed by atoms with Gasteiger partial charge in [0.15, 0.2) is 0 Å². The van der Waals surface area contributed by atoms with E-state index in [1.165, 1.54) is 6.20 Å². The van der Waals surface area contributed by atoms with Crippen molar-refractivity contribution >= 4 is 17.3 Å². The van der Waals surface area contributed by atoms with Crippen molar-refractivity contribution in [2.45, 2.75) is 12.6 Å². The van der Waals surface area contributed by atoms with Crippen LogP contribution in [0.15, 0.2) is 23.1 Å². The number of benzene rings is 1. The quantitative estimate of drug-likeness (QED) is 0.882. The maximum Gasteiger partial charge on any atom is 0.285 e. The molecule has 2 N–H and O–H groups in total. The molecule has 0 spiro atoms. The van der Waals surface area contributed by atoms with E-state index in [1.807, 2.05) is 0 Å². The van der Waals surface area contributed by atoms with E-state index < -0.39 is 11.7 Å². The maximum absolute atomic E-state index is 11.6. The number of β-amino-alcohol motifs (C(OH)–C–C–N with tert-alkyl or cyclic N) is 1. The Morgan fingerprint density at radius 2 is 2.04 bits per heavy atom. The van der Waals surface area contributed by atoms with E-state index in [-0.39, 0.29) is 11.6 Å². The average Bonchev–Trinajstić information content (AvgIpc) is 2.56. The zero-order valence-electron chi connectivity index (χ0n) is 12.7. The molecule has 23 heavy (non-hydrogen) atoms. The van der Waals surface area contributed by atoms with Crippen LogP contribution in [-0.2, 0) is 6.54 Å². The van der Waals surface area contributed by atoms with Crippen LogP contribution in [0.25, 0.3) is 0 Å². The Kier molecular flexibility index (Phi) is 4.14. The van der Waals surface area contributed by atoms with Crippen LogP contribution in [-0.4, -0.2) is 36.1 Å². The highest BCUT2D eigenvalue weighted by Crippen LogP contribution is 2.41. The molecular formula is C15H16ClN3O4. The number of aliphatic hydroxyl groups excluding tert-OH is 1. The monoisotopic (exact) mass is 337 g/mol. The molecule has 1 aromatic carbocycles. The third-order valence-corrected chi connectivity index (χ3v) is 4.27. The number of aliphatic hydroxyl groups is 1. The van der Waals surface area contributed by atoms with Gasteiger partial charge in [-0.05, 0) is 12.1 Å². The van der Waals surface area contributed by atoms with Crippen molar-refractivity contribution in [3.05, 3.63) is 44.8 Å². The molecule has 0 saturated carbocycles. The van der Waals surface area contributed by atoms with Gasteiger partial charge in [-0.25, -0.2) is 5.10 Å². The van der Waals surface area contributed by atoms with Crippen LogP contribution in [0, 0.1) is 0 Å². The second kappa shape index (κ2) is 6.10. The minimum Gasteiger partial charge on any atom is -0.496 e. The Morgan fingerprint density at radius 1 is 1.35 bits per heavy atom. The van der Waals surface area contributed by atoms with Crippen LogP contribution in [0.2, 0.25) is 5.02 Å². The SMILES string of the molecule is COc1ccc(OC)c2c1CN(c1cn[nH]c(=O)c1Cl)C[C@@H]2O. The lowest BCUT2D eigenvalue weighted by atomic mass is 9.95. The Balaban J connectivity index is 2.10. The largest absolute Gasteiger partial charge is 0.496 e. The molecule has 1 atom stereocenters. The van der Waals surface area contributed by atoms with Gasteiger partial charge in [0.1, 0.15) is 22.6 Å². The molecule has 7 nitrogen and oxygen atoms in total. The van der Waals surface area contributed by atoms with Gasteiger partial charge < -0.3 is 19.5 Å². The minimum atomic E-state index is -0.806. The molecule has 0 aliphatic carbocycles. The summed E-state index contributed by atoms with van der Waals surface area (Å²) in [5, 5.41) is 16.7. The molecule has 1 aromatic heterocycles. The number of nitrogens with one attached hydrogen (secondary N) is 1.